The number of halogens is 5. The average Bonchev–Trinajstić information content (AvgIpc) is 2.74. The van der Waals surface area contributed by atoms with Gasteiger partial charge >= 0.3 is 0 Å². The van der Waals surface area contributed by atoms with Crippen molar-refractivity contribution in [1.82, 2.24) is 25.4 Å². The Balaban J connectivity index is 0.000000514. The third kappa shape index (κ3) is 13.0. The number of amides is 1. The summed E-state index contributed by atoms with van der Waals surface area (Å²) in [7, 11) is 0. The van der Waals surface area contributed by atoms with Crippen LogP contribution in [0.5, 0.6) is 0 Å². The quantitative estimate of drug-likeness (QED) is 0.110. The van der Waals surface area contributed by atoms with E-state index in [0.717, 1.165) is 0 Å². The zero-order chi connectivity index (χ0) is 25.6. The number of Topliss-reactive ketones (excluding diaryl/α,β-unsaturated/α-hetero) is 1. The second-order valence-electron chi connectivity index (χ2n) is 5.86. The van der Waals surface area contributed by atoms with Gasteiger partial charge in [-0.25, -0.2) is 25.8 Å². The number of nitrogens with one attached hydrogen (secondary N) is 2. The maximum Gasteiger partial charge on any atom is 0.236 e. The number of hydrazine groups is 1. The molecule has 0 atom stereocenters. The van der Waals surface area contributed by atoms with Crippen molar-refractivity contribution in [3.8, 4) is 0 Å². The Kier molecular flexibility index (Phi) is 16.1. The largest absolute Gasteiger partial charge is 0.396 e. The molecule has 0 fully saturated rings. The summed E-state index contributed by atoms with van der Waals surface area (Å²) in [4.78, 5) is 36.2. The van der Waals surface area contributed by atoms with Crippen molar-refractivity contribution in [3.63, 3.8) is 0 Å². The summed E-state index contributed by atoms with van der Waals surface area (Å²) < 4.78 is 0. The molecule has 6 N–H and O–H groups in total. The van der Waals surface area contributed by atoms with Crippen molar-refractivity contribution in [1.29, 1.82) is 0 Å². The molecule has 33 heavy (non-hydrogen) atoms. The van der Waals surface area contributed by atoms with E-state index in [0.29, 0.717) is 27.3 Å². The summed E-state index contributed by atoms with van der Waals surface area (Å²) in [6.45, 7) is 3.21. The molecule has 0 saturated heterocycles. The maximum atomic E-state index is 11.2. The van der Waals surface area contributed by atoms with Crippen LogP contribution in [0.2, 0.25) is 26.0 Å². The molecule has 0 radical (unpaired) electrons. The van der Waals surface area contributed by atoms with E-state index in [-0.39, 0.29) is 60.0 Å². The standard InChI is InChI=1S/C9H11Cl2N3O2.C5H3Cl3N2.C3H8N2O2/c1-5-7(10)13-9(11)14-8(5)12-4-6(16)2-3-15;1-2-3(6)9-5(8)10-4(2)7;4-5-3(7)1-2-6/h15H,2-4H2,1H3,(H,12,13,14);1H3;6H,1-2,4H2,(H,5,7). The average molecular weight is 566 g/mol. The van der Waals surface area contributed by atoms with Gasteiger partial charge in [0.2, 0.25) is 16.5 Å². The van der Waals surface area contributed by atoms with Crippen molar-refractivity contribution in [2.45, 2.75) is 26.7 Å². The minimum absolute atomic E-state index is 0.0210. The molecule has 2 aromatic heterocycles. The van der Waals surface area contributed by atoms with E-state index < -0.39 is 0 Å². The van der Waals surface area contributed by atoms with Gasteiger partial charge in [0.25, 0.3) is 0 Å². The monoisotopic (exact) mass is 563 g/mol. The van der Waals surface area contributed by atoms with Gasteiger partial charge in [0.1, 0.15) is 21.3 Å². The van der Waals surface area contributed by atoms with Crippen LogP contribution < -0.4 is 16.6 Å². The molecule has 2 aromatic rings. The molecule has 0 aliphatic carbocycles. The van der Waals surface area contributed by atoms with E-state index in [1.807, 2.05) is 5.43 Å². The molecule has 2 rings (SSSR count). The van der Waals surface area contributed by atoms with Gasteiger partial charge < -0.3 is 15.5 Å². The van der Waals surface area contributed by atoms with E-state index >= 15 is 0 Å². The Morgan fingerprint density at radius 1 is 0.818 bits per heavy atom. The van der Waals surface area contributed by atoms with Gasteiger partial charge in [-0.2, -0.15) is 0 Å². The molecule has 2 heterocycles. The molecule has 0 aromatic carbocycles. The number of aliphatic hydroxyl groups is 2. The lowest BCUT2D eigenvalue weighted by Crippen LogP contribution is -2.30. The van der Waals surface area contributed by atoms with Gasteiger partial charge in [-0.3, -0.25) is 15.0 Å². The molecule has 16 heteroatoms. The fourth-order valence-corrected chi connectivity index (χ4v) is 2.67. The number of hydrogen-bond donors (Lipinski definition) is 5. The van der Waals surface area contributed by atoms with Crippen LogP contribution in [-0.4, -0.2) is 61.6 Å². The summed E-state index contributed by atoms with van der Waals surface area (Å²) in [5.74, 6) is 4.61. The highest BCUT2D eigenvalue weighted by Crippen LogP contribution is 2.22. The van der Waals surface area contributed by atoms with Crippen LogP contribution in [0.25, 0.3) is 0 Å². The Morgan fingerprint density at radius 2 is 1.27 bits per heavy atom. The predicted molar refractivity (Wildman–Crippen MR) is 128 cm³/mol. The fraction of sp³-hybridized carbons (Fsp3) is 0.412. The van der Waals surface area contributed by atoms with Crippen LogP contribution in [0, 0.1) is 13.8 Å². The Morgan fingerprint density at radius 3 is 1.70 bits per heavy atom. The van der Waals surface area contributed by atoms with Gasteiger partial charge in [0.15, 0.2) is 5.78 Å². The Bertz CT molecular complexity index is 914. The van der Waals surface area contributed by atoms with Crippen LogP contribution in [0.15, 0.2) is 0 Å². The Hall–Kier alpha value is -1.57. The number of hydrogen-bond acceptors (Lipinski definition) is 10. The summed E-state index contributed by atoms with van der Waals surface area (Å²) >= 11 is 28.1. The molecule has 1 amide bonds. The molecule has 0 spiro atoms. The first-order valence-electron chi connectivity index (χ1n) is 8.98. The predicted octanol–water partition coefficient (Wildman–Crippen LogP) is 2.56. The van der Waals surface area contributed by atoms with E-state index in [1.165, 1.54) is 0 Å². The van der Waals surface area contributed by atoms with Crippen LogP contribution in [0.3, 0.4) is 0 Å². The normalized spacial score (nSPS) is 9.76. The smallest absolute Gasteiger partial charge is 0.236 e. The first kappa shape index (κ1) is 31.4. The molecule has 0 bridgehead atoms. The van der Waals surface area contributed by atoms with Gasteiger partial charge in [-0.15, -0.1) is 0 Å². The number of nitrogens with zero attached hydrogens (tertiary/aromatic N) is 4. The van der Waals surface area contributed by atoms with Gasteiger partial charge in [-0.1, -0.05) is 34.8 Å². The van der Waals surface area contributed by atoms with E-state index in [9.17, 15) is 9.59 Å². The number of aromatic nitrogens is 4. The van der Waals surface area contributed by atoms with Gasteiger partial charge in [0, 0.05) is 17.5 Å². The first-order valence-corrected chi connectivity index (χ1v) is 10.9. The number of nitrogens with two attached hydrogens (primary N) is 1. The summed E-state index contributed by atoms with van der Waals surface area (Å²) in [5.41, 5.74) is 3.14. The summed E-state index contributed by atoms with van der Waals surface area (Å²) in [6.07, 6.45) is 0.190. The third-order valence-corrected chi connectivity index (χ3v) is 4.84. The molecule has 0 aliphatic rings. The lowest BCUT2D eigenvalue weighted by Gasteiger charge is -2.08. The molecule has 0 saturated carbocycles. The minimum atomic E-state index is -0.345. The summed E-state index contributed by atoms with van der Waals surface area (Å²) in [6, 6.07) is 0. The highest BCUT2D eigenvalue weighted by atomic mass is 35.5. The van der Waals surface area contributed by atoms with Gasteiger partial charge in [0.05, 0.1) is 26.2 Å². The number of carbonyl (C=O) groups excluding carboxylic acids is 2. The molecule has 0 unspecified atom stereocenters. The number of rotatable bonds is 7. The zero-order valence-electron chi connectivity index (χ0n) is 17.5. The molecular formula is C17H22Cl5N7O4. The number of ketones is 1. The van der Waals surface area contributed by atoms with Crippen LogP contribution in [0.4, 0.5) is 5.82 Å². The summed E-state index contributed by atoms with van der Waals surface area (Å²) in [5, 5.41) is 20.3. The number of aliphatic hydroxyl groups excluding tert-OH is 2. The second kappa shape index (κ2) is 17.0. The number of anilines is 1. The highest BCUT2D eigenvalue weighted by molar-refractivity contribution is 6.36. The van der Waals surface area contributed by atoms with Crippen molar-refractivity contribution >= 4 is 75.5 Å². The lowest BCUT2D eigenvalue weighted by atomic mass is 10.3. The van der Waals surface area contributed by atoms with Crippen LogP contribution >= 0.6 is 58.0 Å². The lowest BCUT2D eigenvalue weighted by molar-refractivity contribution is -0.121. The van der Waals surface area contributed by atoms with Crippen molar-refractivity contribution in [3.05, 3.63) is 37.2 Å². The van der Waals surface area contributed by atoms with Crippen molar-refractivity contribution in [2.24, 2.45) is 5.84 Å². The van der Waals surface area contributed by atoms with Crippen LogP contribution in [-0.2, 0) is 9.59 Å². The molecular weight excluding hydrogens is 543 g/mol. The van der Waals surface area contributed by atoms with Crippen molar-refractivity contribution in [2.75, 3.05) is 25.1 Å². The third-order valence-electron chi connectivity index (χ3n) is 3.40. The van der Waals surface area contributed by atoms with E-state index in [4.69, 9.17) is 68.2 Å². The molecule has 11 nitrogen and oxygen atoms in total. The zero-order valence-corrected chi connectivity index (χ0v) is 21.3. The van der Waals surface area contributed by atoms with Gasteiger partial charge in [-0.05, 0) is 37.0 Å². The second-order valence-corrected chi connectivity index (χ2v) is 7.61. The topological polar surface area (TPSA) is 176 Å². The first-order chi connectivity index (χ1) is 15.5. The SMILES string of the molecule is Cc1c(Cl)nc(Cl)nc1Cl.Cc1c(Cl)nc(Cl)nc1NCC(=O)CCO.NNC(=O)CCO. The number of carbonyl (C=O) groups is 2. The molecule has 184 valence electrons. The van der Waals surface area contributed by atoms with Crippen LogP contribution in [0.1, 0.15) is 24.0 Å². The van der Waals surface area contributed by atoms with Crippen molar-refractivity contribution < 1.29 is 19.8 Å². The maximum absolute atomic E-state index is 11.2. The van der Waals surface area contributed by atoms with E-state index in [1.54, 1.807) is 13.8 Å². The fourth-order valence-electron chi connectivity index (χ4n) is 1.64. The van der Waals surface area contributed by atoms with E-state index in [2.05, 4.69) is 31.1 Å². The molecule has 0 aliphatic heterocycles. The minimum Gasteiger partial charge on any atom is -0.396 e. The highest BCUT2D eigenvalue weighted by Gasteiger charge is 2.09. The Labute approximate surface area is 215 Å².